The molecule has 0 radical (unpaired) electrons. The lowest BCUT2D eigenvalue weighted by Gasteiger charge is -2.19. The lowest BCUT2D eigenvalue weighted by Crippen LogP contribution is -2.34. The summed E-state index contributed by atoms with van der Waals surface area (Å²) in [5, 5.41) is 2.73. The zero-order chi connectivity index (χ0) is 11.3. The van der Waals surface area contributed by atoms with Gasteiger partial charge in [-0.3, -0.25) is 4.98 Å². The molecule has 0 fully saturated rings. The van der Waals surface area contributed by atoms with Crippen LogP contribution in [0.5, 0.6) is 0 Å². The molecular weight excluding hydrogens is 192 g/mol. The summed E-state index contributed by atoms with van der Waals surface area (Å²) in [7, 11) is 0. The fourth-order valence-corrected chi connectivity index (χ4v) is 1.23. The lowest BCUT2D eigenvalue weighted by atomic mass is 10.3. The second-order valence-corrected chi connectivity index (χ2v) is 3.07. The molecule has 3 N–H and O–H groups in total. The summed E-state index contributed by atoms with van der Waals surface area (Å²) >= 11 is 0. The van der Waals surface area contributed by atoms with Crippen LogP contribution >= 0.6 is 0 Å². The molecule has 0 unspecified atom stereocenters. The predicted molar refractivity (Wildman–Crippen MR) is 60.6 cm³/mol. The summed E-state index contributed by atoms with van der Waals surface area (Å²) in [6.07, 6.45) is 3.10. The summed E-state index contributed by atoms with van der Waals surface area (Å²) in [6, 6.07) is 1.54. The number of nitrogen functional groups attached to an aromatic ring is 1. The Balaban J connectivity index is 2.70. The average Bonchev–Trinajstić information content (AvgIpc) is 2.23. The Bertz CT molecular complexity index is 336. The number of aromatic nitrogens is 1. The van der Waals surface area contributed by atoms with Gasteiger partial charge in [0.25, 0.3) is 0 Å². The number of carbonyl (C=O) groups excluding carboxylic acids is 1. The Morgan fingerprint density at radius 2 is 2.20 bits per heavy atom. The highest BCUT2D eigenvalue weighted by atomic mass is 16.2. The maximum atomic E-state index is 11.7. The van der Waals surface area contributed by atoms with Gasteiger partial charge in [0.2, 0.25) is 0 Å². The number of nitrogens with zero attached hydrogens (tertiary/aromatic N) is 2. The van der Waals surface area contributed by atoms with E-state index in [2.05, 4.69) is 10.3 Å². The molecule has 1 aromatic rings. The van der Waals surface area contributed by atoms with Crippen LogP contribution in [0, 0.1) is 0 Å². The van der Waals surface area contributed by atoms with Gasteiger partial charge >= 0.3 is 6.03 Å². The van der Waals surface area contributed by atoms with E-state index in [9.17, 15) is 4.79 Å². The second kappa shape index (κ2) is 5.19. The number of urea groups is 1. The second-order valence-electron chi connectivity index (χ2n) is 3.07. The van der Waals surface area contributed by atoms with Gasteiger partial charge in [-0.2, -0.15) is 0 Å². The first-order chi connectivity index (χ1) is 7.19. The van der Waals surface area contributed by atoms with Crippen molar-refractivity contribution in [1.29, 1.82) is 0 Å². The highest BCUT2D eigenvalue weighted by Crippen LogP contribution is 2.15. The topological polar surface area (TPSA) is 71.2 Å². The first-order valence-electron chi connectivity index (χ1n) is 4.94. The van der Waals surface area contributed by atoms with Crippen molar-refractivity contribution in [1.82, 2.24) is 9.88 Å². The minimum absolute atomic E-state index is 0.141. The van der Waals surface area contributed by atoms with Gasteiger partial charge in [-0.1, -0.05) is 0 Å². The largest absolute Gasteiger partial charge is 0.396 e. The van der Waals surface area contributed by atoms with Crippen LogP contribution in [-0.2, 0) is 0 Å². The quantitative estimate of drug-likeness (QED) is 0.791. The SMILES string of the molecule is CCN(CC)C(=O)Nc1ccncc1N. The number of hydrogen-bond acceptors (Lipinski definition) is 3. The van der Waals surface area contributed by atoms with E-state index in [1.54, 1.807) is 17.2 Å². The number of anilines is 2. The first-order valence-corrected chi connectivity index (χ1v) is 4.94. The van der Waals surface area contributed by atoms with Gasteiger partial charge in [0.05, 0.1) is 17.6 Å². The molecule has 2 amide bonds. The molecule has 15 heavy (non-hydrogen) atoms. The maximum absolute atomic E-state index is 11.7. The van der Waals surface area contributed by atoms with Crippen LogP contribution in [0.1, 0.15) is 13.8 Å². The van der Waals surface area contributed by atoms with Crippen LogP contribution in [0.15, 0.2) is 18.5 Å². The van der Waals surface area contributed by atoms with E-state index >= 15 is 0 Å². The molecule has 0 aromatic carbocycles. The summed E-state index contributed by atoms with van der Waals surface area (Å²) in [5.74, 6) is 0. The van der Waals surface area contributed by atoms with Gasteiger partial charge in [-0.25, -0.2) is 4.79 Å². The predicted octanol–water partition coefficient (Wildman–Crippen LogP) is 1.54. The van der Waals surface area contributed by atoms with E-state index in [0.717, 1.165) is 0 Å². The van der Waals surface area contributed by atoms with E-state index in [4.69, 9.17) is 5.73 Å². The smallest absolute Gasteiger partial charge is 0.321 e. The molecule has 0 atom stereocenters. The first kappa shape index (κ1) is 11.3. The number of nitrogens with two attached hydrogens (primary N) is 1. The van der Waals surface area contributed by atoms with E-state index in [-0.39, 0.29) is 6.03 Å². The zero-order valence-electron chi connectivity index (χ0n) is 9.03. The normalized spacial score (nSPS) is 9.73. The Kier molecular flexibility index (Phi) is 3.91. The maximum Gasteiger partial charge on any atom is 0.321 e. The third-order valence-corrected chi connectivity index (χ3v) is 2.14. The van der Waals surface area contributed by atoms with Crippen LogP contribution in [-0.4, -0.2) is 29.0 Å². The van der Waals surface area contributed by atoms with E-state index in [1.165, 1.54) is 6.20 Å². The molecule has 1 heterocycles. The molecule has 1 aromatic heterocycles. The third kappa shape index (κ3) is 2.83. The van der Waals surface area contributed by atoms with Crippen LogP contribution in [0.4, 0.5) is 16.2 Å². The molecule has 0 spiro atoms. The number of nitrogens with one attached hydrogen (secondary N) is 1. The minimum Gasteiger partial charge on any atom is -0.396 e. The number of pyridine rings is 1. The molecule has 1 rings (SSSR count). The summed E-state index contributed by atoms with van der Waals surface area (Å²) in [4.78, 5) is 17.2. The summed E-state index contributed by atoms with van der Waals surface area (Å²) in [5.41, 5.74) is 6.73. The number of rotatable bonds is 3. The third-order valence-electron chi connectivity index (χ3n) is 2.14. The number of carbonyl (C=O) groups is 1. The van der Waals surface area contributed by atoms with Gasteiger partial charge in [-0.15, -0.1) is 0 Å². The van der Waals surface area contributed by atoms with Crippen molar-refractivity contribution in [3.63, 3.8) is 0 Å². The molecule has 82 valence electrons. The van der Waals surface area contributed by atoms with Crippen molar-refractivity contribution in [2.45, 2.75) is 13.8 Å². The Hall–Kier alpha value is -1.78. The van der Waals surface area contributed by atoms with Crippen molar-refractivity contribution >= 4 is 17.4 Å². The van der Waals surface area contributed by atoms with Crippen LogP contribution in [0.25, 0.3) is 0 Å². The van der Waals surface area contributed by atoms with E-state index in [0.29, 0.717) is 24.5 Å². The minimum atomic E-state index is -0.141. The van der Waals surface area contributed by atoms with Crippen molar-refractivity contribution < 1.29 is 4.79 Å². The van der Waals surface area contributed by atoms with Gasteiger partial charge in [-0.05, 0) is 19.9 Å². The standard InChI is InChI=1S/C10H16N4O/c1-3-14(4-2)10(15)13-9-5-6-12-7-8(9)11/h5-7H,3-4,11H2,1-2H3,(H,12,13,15). The van der Waals surface area contributed by atoms with Crippen molar-refractivity contribution in [3.8, 4) is 0 Å². The summed E-state index contributed by atoms with van der Waals surface area (Å²) in [6.45, 7) is 5.21. The molecular formula is C10H16N4O. The van der Waals surface area contributed by atoms with Gasteiger partial charge in [0.1, 0.15) is 0 Å². The average molecular weight is 208 g/mol. The van der Waals surface area contributed by atoms with Crippen LogP contribution < -0.4 is 11.1 Å². The number of hydrogen-bond donors (Lipinski definition) is 2. The van der Waals surface area contributed by atoms with E-state index < -0.39 is 0 Å². The van der Waals surface area contributed by atoms with Gasteiger partial charge in [0, 0.05) is 19.3 Å². The Morgan fingerprint density at radius 3 is 2.73 bits per heavy atom. The summed E-state index contributed by atoms with van der Waals surface area (Å²) < 4.78 is 0. The molecule has 0 saturated carbocycles. The Labute approximate surface area is 89.3 Å². The molecule has 0 aliphatic carbocycles. The monoisotopic (exact) mass is 208 g/mol. The molecule has 5 heteroatoms. The lowest BCUT2D eigenvalue weighted by molar-refractivity contribution is 0.217. The van der Waals surface area contributed by atoms with E-state index in [1.807, 2.05) is 13.8 Å². The van der Waals surface area contributed by atoms with Crippen molar-refractivity contribution in [3.05, 3.63) is 18.5 Å². The molecule has 0 aliphatic heterocycles. The zero-order valence-corrected chi connectivity index (χ0v) is 9.03. The van der Waals surface area contributed by atoms with Gasteiger partial charge < -0.3 is 16.0 Å². The van der Waals surface area contributed by atoms with Crippen molar-refractivity contribution in [2.24, 2.45) is 0 Å². The van der Waals surface area contributed by atoms with Crippen molar-refractivity contribution in [2.75, 3.05) is 24.1 Å². The van der Waals surface area contributed by atoms with Crippen LogP contribution in [0.2, 0.25) is 0 Å². The fourth-order valence-electron chi connectivity index (χ4n) is 1.23. The Morgan fingerprint density at radius 1 is 1.53 bits per heavy atom. The number of amides is 2. The molecule has 5 nitrogen and oxygen atoms in total. The van der Waals surface area contributed by atoms with Crippen LogP contribution in [0.3, 0.4) is 0 Å². The molecule has 0 bridgehead atoms. The highest BCUT2D eigenvalue weighted by molar-refractivity contribution is 5.92. The fraction of sp³-hybridized carbons (Fsp3) is 0.400. The highest BCUT2D eigenvalue weighted by Gasteiger charge is 2.10. The molecule has 0 aliphatic rings. The van der Waals surface area contributed by atoms with Gasteiger partial charge in [0.15, 0.2) is 0 Å². The molecule has 0 saturated heterocycles.